The molecule has 1 aromatic carbocycles. The van der Waals surface area contributed by atoms with Crippen molar-refractivity contribution in [2.45, 2.75) is 25.4 Å². The predicted molar refractivity (Wildman–Crippen MR) is 69.7 cm³/mol. The summed E-state index contributed by atoms with van der Waals surface area (Å²) in [7, 11) is 1.97. The Labute approximate surface area is 108 Å². The van der Waals surface area contributed by atoms with Gasteiger partial charge >= 0.3 is 0 Å². The summed E-state index contributed by atoms with van der Waals surface area (Å²) in [5.74, 6) is 0.996. The van der Waals surface area contributed by atoms with Gasteiger partial charge in [-0.05, 0) is 30.7 Å². The lowest BCUT2D eigenvalue weighted by atomic mass is 10.1. The number of hydrogen-bond acceptors (Lipinski definition) is 4. The van der Waals surface area contributed by atoms with Crippen molar-refractivity contribution in [3.8, 4) is 5.75 Å². The third-order valence-corrected chi connectivity index (χ3v) is 3.48. The summed E-state index contributed by atoms with van der Waals surface area (Å²) in [6.07, 6.45) is 1.58. The van der Waals surface area contributed by atoms with E-state index in [2.05, 4.69) is 17.0 Å². The van der Waals surface area contributed by atoms with Crippen LogP contribution in [0.25, 0.3) is 0 Å². The third kappa shape index (κ3) is 3.02. The van der Waals surface area contributed by atoms with Crippen LogP contribution < -0.4 is 4.74 Å². The molecule has 4 nitrogen and oxygen atoms in total. The highest BCUT2D eigenvalue weighted by molar-refractivity contribution is 5.39. The first-order chi connectivity index (χ1) is 8.74. The third-order valence-electron chi connectivity index (χ3n) is 3.48. The Balaban J connectivity index is 2.00. The van der Waals surface area contributed by atoms with Crippen molar-refractivity contribution in [1.29, 1.82) is 0 Å². The number of aliphatic hydroxyl groups is 2. The van der Waals surface area contributed by atoms with Gasteiger partial charge < -0.3 is 14.9 Å². The lowest BCUT2D eigenvalue weighted by Gasteiger charge is -2.26. The molecule has 1 aliphatic rings. The highest BCUT2D eigenvalue weighted by atomic mass is 16.5. The molecule has 18 heavy (non-hydrogen) atoms. The van der Waals surface area contributed by atoms with Crippen molar-refractivity contribution in [2.24, 2.45) is 0 Å². The lowest BCUT2D eigenvalue weighted by molar-refractivity contribution is 0.115. The van der Waals surface area contributed by atoms with Crippen LogP contribution in [0.3, 0.4) is 0 Å². The summed E-state index contributed by atoms with van der Waals surface area (Å²) in [4.78, 5) is 2.08. The maximum absolute atomic E-state index is 9.29. The molecule has 0 saturated heterocycles. The molecule has 0 saturated carbocycles. The van der Waals surface area contributed by atoms with E-state index in [1.54, 1.807) is 0 Å². The fourth-order valence-corrected chi connectivity index (χ4v) is 2.36. The first kappa shape index (κ1) is 13.3. The summed E-state index contributed by atoms with van der Waals surface area (Å²) < 4.78 is 5.48. The van der Waals surface area contributed by atoms with Crippen LogP contribution in [0.1, 0.15) is 17.5 Å². The molecular formula is C14H21NO3. The molecule has 1 atom stereocenters. The molecule has 4 heteroatoms. The number of fused-ring (bicyclic) bond motifs is 1. The summed E-state index contributed by atoms with van der Waals surface area (Å²) in [6, 6.07) is 6.27. The van der Waals surface area contributed by atoms with Crippen LogP contribution >= 0.6 is 0 Å². The van der Waals surface area contributed by atoms with E-state index in [1.165, 1.54) is 11.1 Å². The molecule has 0 aromatic heterocycles. The Morgan fingerprint density at radius 3 is 2.94 bits per heavy atom. The molecule has 0 aliphatic carbocycles. The summed E-state index contributed by atoms with van der Waals surface area (Å²) in [5.41, 5.74) is 2.49. The average Bonchev–Trinajstić information content (AvgIpc) is 2.83. The molecule has 0 bridgehead atoms. The monoisotopic (exact) mass is 251 g/mol. The zero-order chi connectivity index (χ0) is 13.0. The molecular weight excluding hydrogens is 230 g/mol. The molecule has 2 N–H and O–H groups in total. The van der Waals surface area contributed by atoms with Gasteiger partial charge in [0.05, 0.1) is 13.2 Å². The Kier molecular flexibility index (Phi) is 4.58. The van der Waals surface area contributed by atoms with Crippen LogP contribution in [0.15, 0.2) is 18.2 Å². The predicted octanol–water partition coefficient (Wildman–Crippen LogP) is 0.797. The van der Waals surface area contributed by atoms with Crippen LogP contribution in [0.5, 0.6) is 5.75 Å². The number of benzene rings is 1. The second-order valence-electron chi connectivity index (χ2n) is 4.80. The van der Waals surface area contributed by atoms with Crippen molar-refractivity contribution in [2.75, 3.05) is 26.9 Å². The van der Waals surface area contributed by atoms with Crippen LogP contribution in [0, 0.1) is 0 Å². The molecule has 1 heterocycles. The van der Waals surface area contributed by atoms with E-state index in [0.29, 0.717) is 6.42 Å². The molecule has 0 spiro atoms. The largest absolute Gasteiger partial charge is 0.493 e. The number of likely N-dealkylation sites (N-methyl/N-ethyl adjacent to an activating group) is 1. The number of rotatable bonds is 6. The van der Waals surface area contributed by atoms with Gasteiger partial charge in [0.2, 0.25) is 0 Å². The van der Waals surface area contributed by atoms with Gasteiger partial charge in [0.1, 0.15) is 5.75 Å². The topological polar surface area (TPSA) is 52.9 Å². The van der Waals surface area contributed by atoms with Crippen LogP contribution in [-0.2, 0) is 13.0 Å². The smallest absolute Gasteiger partial charge is 0.122 e. The van der Waals surface area contributed by atoms with Gasteiger partial charge in [0.25, 0.3) is 0 Å². The van der Waals surface area contributed by atoms with Crippen molar-refractivity contribution in [3.63, 3.8) is 0 Å². The van der Waals surface area contributed by atoms with Gasteiger partial charge in [0.15, 0.2) is 0 Å². The van der Waals surface area contributed by atoms with Crippen molar-refractivity contribution in [3.05, 3.63) is 29.3 Å². The minimum Gasteiger partial charge on any atom is -0.493 e. The maximum atomic E-state index is 9.29. The molecule has 1 aliphatic heterocycles. The summed E-state index contributed by atoms with van der Waals surface area (Å²) >= 11 is 0. The molecule has 1 aromatic rings. The van der Waals surface area contributed by atoms with Crippen LogP contribution in [-0.4, -0.2) is 48.0 Å². The summed E-state index contributed by atoms with van der Waals surface area (Å²) in [6.45, 7) is 1.73. The standard InChI is InChI=1S/C14H21NO3/c1-15(13(10-17)4-6-16)9-11-2-3-14-12(8-11)5-7-18-14/h2-3,8,13,16-17H,4-7,9-10H2,1H3. The van der Waals surface area contributed by atoms with Crippen LogP contribution in [0.2, 0.25) is 0 Å². The number of nitrogens with zero attached hydrogens (tertiary/aromatic N) is 1. The first-order valence-electron chi connectivity index (χ1n) is 6.41. The fraction of sp³-hybridized carbons (Fsp3) is 0.571. The van der Waals surface area contributed by atoms with E-state index in [-0.39, 0.29) is 19.3 Å². The van der Waals surface area contributed by atoms with Gasteiger partial charge in [-0.2, -0.15) is 0 Å². The van der Waals surface area contributed by atoms with Gasteiger partial charge in [-0.3, -0.25) is 4.90 Å². The van der Waals surface area contributed by atoms with E-state index in [4.69, 9.17) is 9.84 Å². The number of aliphatic hydroxyl groups excluding tert-OH is 2. The zero-order valence-corrected chi connectivity index (χ0v) is 10.8. The normalized spacial score (nSPS) is 15.6. The van der Waals surface area contributed by atoms with E-state index < -0.39 is 0 Å². The first-order valence-corrected chi connectivity index (χ1v) is 6.41. The fourth-order valence-electron chi connectivity index (χ4n) is 2.36. The molecule has 0 radical (unpaired) electrons. The van der Waals surface area contributed by atoms with Gasteiger partial charge in [-0.1, -0.05) is 12.1 Å². The molecule has 2 rings (SSSR count). The average molecular weight is 251 g/mol. The molecule has 0 fully saturated rings. The lowest BCUT2D eigenvalue weighted by Crippen LogP contribution is -2.35. The molecule has 100 valence electrons. The van der Waals surface area contributed by atoms with Crippen molar-refractivity contribution >= 4 is 0 Å². The minimum atomic E-state index is 0.0134. The number of ether oxygens (including phenoxy) is 1. The van der Waals surface area contributed by atoms with E-state index in [9.17, 15) is 5.11 Å². The highest BCUT2D eigenvalue weighted by Crippen LogP contribution is 2.26. The molecule has 1 unspecified atom stereocenters. The van der Waals surface area contributed by atoms with E-state index in [1.807, 2.05) is 13.1 Å². The molecule has 0 amide bonds. The Morgan fingerprint density at radius 1 is 1.39 bits per heavy atom. The van der Waals surface area contributed by atoms with Crippen molar-refractivity contribution in [1.82, 2.24) is 4.90 Å². The van der Waals surface area contributed by atoms with E-state index in [0.717, 1.165) is 25.3 Å². The van der Waals surface area contributed by atoms with Gasteiger partial charge in [-0.25, -0.2) is 0 Å². The highest BCUT2D eigenvalue weighted by Gasteiger charge is 2.16. The van der Waals surface area contributed by atoms with Gasteiger partial charge in [0, 0.05) is 25.6 Å². The van der Waals surface area contributed by atoms with E-state index >= 15 is 0 Å². The Hall–Kier alpha value is -1.10. The second-order valence-corrected chi connectivity index (χ2v) is 4.80. The van der Waals surface area contributed by atoms with Gasteiger partial charge in [-0.15, -0.1) is 0 Å². The zero-order valence-electron chi connectivity index (χ0n) is 10.8. The SMILES string of the molecule is CN(Cc1ccc2c(c1)CCO2)C(CO)CCO. The second kappa shape index (κ2) is 6.18. The Bertz CT molecular complexity index is 395. The van der Waals surface area contributed by atoms with Crippen LogP contribution in [0.4, 0.5) is 0 Å². The quantitative estimate of drug-likeness (QED) is 0.785. The number of hydrogen-bond donors (Lipinski definition) is 2. The Morgan fingerprint density at radius 2 is 2.22 bits per heavy atom. The maximum Gasteiger partial charge on any atom is 0.122 e. The summed E-state index contributed by atoms with van der Waals surface area (Å²) in [5, 5.41) is 18.2. The minimum absolute atomic E-state index is 0.0134. The van der Waals surface area contributed by atoms with Crippen molar-refractivity contribution < 1.29 is 14.9 Å².